The Bertz CT molecular complexity index is 860. The van der Waals surface area contributed by atoms with Gasteiger partial charge in [-0.05, 0) is 42.1 Å². The van der Waals surface area contributed by atoms with Gasteiger partial charge in [-0.1, -0.05) is 0 Å². The number of nitrogens with zero attached hydrogens (tertiary/aromatic N) is 1. The quantitative estimate of drug-likeness (QED) is 0.789. The van der Waals surface area contributed by atoms with Gasteiger partial charge in [-0.15, -0.1) is 11.3 Å². The molecule has 19 heavy (non-hydrogen) atoms. The number of H-pyrrole nitrogens is 1. The van der Waals surface area contributed by atoms with E-state index in [0.29, 0.717) is 4.90 Å². The fraction of sp³-hybridized carbons (Fsp3) is 0.154. The van der Waals surface area contributed by atoms with Gasteiger partial charge in [0.2, 0.25) is 0 Å². The average Bonchev–Trinajstić information content (AvgIpc) is 2.91. The molecule has 0 aliphatic rings. The molecule has 1 aromatic carbocycles. The molecule has 0 aliphatic carbocycles. The molecule has 4 nitrogen and oxygen atoms in total. The molecule has 0 bridgehead atoms. The van der Waals surface area contributed by atoms with Crippen LogP contribution in [0.1, 0.15) is 5.56 Å². The minimum atomic E-state index is -3.19. The zero-order chi connectivity index (χ0) is 13.6. The van der Waals surface area contributed by atoms with Crippen LogP contribution in [0, 0.1) is 6.92 Å². The first-order chi connectivity index (χ1) is 8.95. The number of benzene rings is 1. The minimum Gasteiger partial charge on any atom is -0.337 e. The number of hydrogen-bond acceptors (Lipinski definition) is 4. The molecule has 2 heterocycles. The number of aryl methyl sites for hydroxylation is 1. The summed E-state index contributed by atoms with van der Waals surface area (Å²) in [5.74, 6) is 0.785. The van der Waals surface area contributed by atoms with Crippen molar-refractivity contribution in [3.8, 4) is 10.7 Å². The summed E-state index contributed by atoms with van der Waals surface area (Å²) in [6, 6.07) is 6.98. The third kappa shape index (κ3) is 2.17. The van der Waals surface area contributed by atoms with E-state index < -0.39 is 9.84 Å². The van der Waals surface area contributed by atoms with Crippen LogP contribution < -0.4 is 0 Å². The first kappa shape index (κ1) is 12.4. The van der Waals surface area contributed by atoms with Crippen LogP contribution in [0.5, 0.6) is 0 Å². The van der Waals surface area contributed by atoms with Gasteiger partial charge in [0, 0.05) is 6.26 Å². The average molecular weight is 292 g/mol. The molecule has 0 saturated heterocycles. The number of fused-ring (bicyclic) bond motifs is 1. The molecule has 0 amide bonds. The third-order valence-corrected chi connectivity index (χ3v) is 5.09. The Hall–Kier alpha value is -1.66. The molecule has 6 heteroatoms. The number of aromatic amines is 1. The molecule has 0 spiro atoms. The predicted molar refractivity (Wildman–Crippen MR) is 77.3 cm³/mol. The Morgan fingerprint density at radius 1 is 1.26 bits per heavy atom. The first-order valence-corrected chi connectivity index (χ1v) is 8.46. The fourth-order valence-electron chi connectivity index (χ4n) is 1.94. The summed E-state index contributed by atoms with van der Waals surface area (Å²) in [6.45, 7) is 2.03. The van der Waals surface area contributed by atoms with Crippen molar-refractivity contribution in [1.29, 1.82) is 0 Å². The van der Waals surface area contributed by atoms with Crippen molar-refractivity contribution in [2.24, 2.45) is 0 Å². The van der Waals surface area contributed by atoms with Crippen molar-refractivity contribution in [3.63, 3.8) is 0 Å². The molecule has 0 fully saturated rings. The number of aromatic nitrogens is 2. The standard InChI is InChI=1S/C13H12N2O2S2/c1-8-5-6-18-12(8)13-14-10-4-3-9(19(2,16)17)7-11(10)15-13/h3-7H,1-2H3,(H,14,15). The van der Waals surface area contributed by atoms with Gasteiger partial charge in [-0.3, -0.25) is 0 Å². The van der Waals surface area contributed by atoms with Crippen LogP contribution >= 0.6 is 11.3 Å². The monoisotopic (exact) mass is 292 g/mol. The summed E-state index contributed by atoms with van der Waals surface area (Å²) in [6.07, 6.45) is 1.20. The maximum Gasteiger partial charge on any atom is 0.175 e. The SMILES string of the molecule is Cc1ccsc1-c1nc2ccc(S(C)(=O)=O)cc2[nH]1. The summed E-state index contributed by atoms with van der Waals surface area (Å²) in [7, 11) is -3.19. The van der Waals surface area contributed by atoms with Crippen molar-refractivity contribution in [3.05, 3.63) is 35.2 Å². The third-order valence-electron chi connectivity index (χ3n) is 2.96. The summed E-state index contributed by atoms with van der Waals surface area (Å²) < 4.78 is 23.1. The number of hydrogen-bond donors (Lipinski definition) is 1. The van der Waals surface area contributed by atoms with Crippen LogP contribution in [0.2, 0.25) is 0 Å². The number of thiophene rings is 1. The van der Waals surface area contributed by atoms with E-state index in [9.17, 15) is 8.42 Å². The molecule has 98 valence electrons. The Balaban J connectivity index is 2.19. The Kier molecular flexibility index (Phi) is 2.72. The van der Waals surface area contributed by atoms with Crippen molar-refractivity contribution >= 4 is 32.2 Å². The van der Waals surface area contributed by atoms with E-state index in [-0.39, 0.29) is 0 Å². The molecule has 0 unspecified atom stereocenters. The lowest BCUT2D eigenvalue weighted by molar-refractivity contribution is 0.602. The van der Waals surface area contributed by atoms with E-state index in [2.05, 4.69) is 9.97 Å². The van der Waals surface area contributed by atoms with Gasteiger partial charge >= 0.3 is 0 Å². The molecule has 2 aromatic heterocycles. The van der Waals surface area contributed by atoms with Crippen LogP contribution in [0.25, 0.3) is 21.7 Å². The second kappa shape index (κ2) is 4.18. The number of sulfone groups is 1. The van der Waals surface area contributed by atoms with Gasteiger partial charge in [0.05, 0.1) is 20.8 Å². The Morgan fingerprint density at radius 2 is 2.05 bits per heavy atom. The highest BCUT2D eigenvalue weighted by atomic mass is 32.2. The van der Waals surface area contributed by atoms with Gasteiger partial charge < -0.3 is 4.98 Å². The van der Waals surface area contributed by atoms with Crippen LogP contribution in [0.15, 0.2) is 34.5 Å². The van der Waals surface area contributed by atoms with Crippen LogP contribution in [-0.4, -0.2) is 24.6 Å². The molecular formula is C13H12N2O2S2. The molecule has 0 atom stereocenters. The van der Waals surface area contributed by atoms with Crippen molar-refractivity contribution in [2.45, 2.75) is 11.8 Å². The van der Waals surface area contributed by atoms with Gasteiger partial charge in [0.15, 0.2) is 9.84 Å². The normalized spacial score (nSPS) is 12.1. The minimum absolute atomic E-state index is 0.304. The smallest absolute Gasteiger partial charge is 0.175 e. The lowest BCUT2D eigenvalue weighted by Gasteiger charge is -1.96. The molecule has 3 aromatic rings. The molecule has 0 radical (unpaired) electrons. The van der Waals surface area contributed by atoms with Crippen LogP contribution in [-0.2, 0) is 9.84 Å². The summed E-state index contributed by atoms with van der Waals surface area (Å²) >= 11 is 1.62. The van der Waals surface area contributed by atoms with Crippen LogP contribution in [0.3, 0.4) is 0 Å². The second-order valence-corrected chi connectivity index (χ2v) is 7.40. The number of nitrogens with one attached hydrogen (secondary N) is 1. The fourth-order valence-corrected chi connectivity index (χ4v) is 3.46. The molecule has 0 aliphatic heterocycles. The van der Waals surface area contributed by atoms with Gasteiger partial charge in [-0.25, -0.2) is 13.4 Å². The summed E-state index contributed by atoms with van der Waals surface area (Å²) in [5.41, 5.74) is 2.67. The van der Waals surface area contributed by atoms with Crippen LogP contribution in [0.4, 0.5) is 0 Å². The van der Waals surface area contributed by atoms with Gasteiger partial charge in [-0.2, -0.15) is 0 Å². The van der Waals surface area contributed by atoms with E-state index in [1.807, 2.05) is 18.4 Å². The van der Waals surface area contributed by atoms with E-state index in [0.717, 1.165) is 27.3 Å². The highest BCUT2D eigenvalue weighted by molar-refractivity contribution is 7.90. The Morgan fingerprint density at radius 3 is 2.68 bits per heavy atom. The largest absolute Gasteiger partial charge is 0.337 e. The lowest BCUT2D eigenvalue weighted by atomic mass is 10.3. The van der Waals surface area contributed by atoms with Gasteiger partial charge in [0.1, 0.15) is 5.82 Å². The maximum absolute atomic E-state index is 11.5. The van der Waals surface area contributed by atoms with Crippen molar-refractivity contribution in [1.82, 2.24) is 9.97 Å². The molecular weight excluding hydrogens is 280 g/mol. The Labute approximate surface area is 115 Å². The molecule has 1 N–H and O–H groups in total. The summed E-state index contributed by atoms with van der Waals surface area (Å²) in [4.78, 5) is 9.07. The first-order valence-electron chi connectivity index (χ1n) is 5.69. The topological polar surface area (TPSA) is 62.8 Å². The highest BCUT2D eigenvalue weighted by Crippen LogP contribution is 2.29. The molecule has 3 rings (SSSR count). The zero-order valence-electron chi connectivity index (χ0n) is 10.5. The van der Waals surface area contributed by atoms with Gasteiger partial charge in [0.25, 0.3) is 0 Å². The number of rotatable bonds is 2. The number of imidazole rings is 1. The van der Waals surface area contributed by atoms with E-state index in [1.165, 1.54) is 6.26 Å². The molecule has 0 saturated carbocycles. The predicted octanol–water partition coefficient (Wildman–Crippen LogP) is 3.00. The maximum atomic E-state index is 11.5. The van der Waals surface area contributed by atoms with E-state index >= 15 is 0 Å². The highest BCUT2D eigenvalue weighted by Gasteiger charge is 2.12. The summed E-state index contributed by atoms with van der Waals surface area (Å²) in [5, 5.41) is 2.01. The zero-order valence-corrected chi connectivity index (χ0v) is 12.1. The second-order valence-electron chi connectivity index (χ2n) is 4.47. The van der Waals surface area contributed by atoms with E-state index in [4.69, 9.17) is 0 Å². The van der Waals surface area contributed by atoms with Crippen molar-refractivity contribution < 1.29 is 8.42 Å². The van der Waals surface area contributed by atoms with Crippen molar-refractivity contribution in [2.75, 3.05) is 6.26 Å². The lowest BCUT2D eigenvalue weighted by Crippen LogP contribution is -1.96. The van der Waals surface area contributed by atoms with E-state index in [1.54, 1.807) is 29.5 Å².